The average molecular weight is 268 g/mol. The molecule has 102 valence electrons. The SMILES string of the molecule is O=C(Cc1ccn[nH]1)NCCc1c[nH]c2ccccc12. The topological polar surface area (TPSA) is 73.6 Å². The molecule has 3 rings (SSSR count). The van der Waals surface area contributed by atoms with Crippen LogP contribution in [0.3, 0.4) is 0 Å². The van der Waals surface area contributed by atoms with E-state index in [9.17, 15) is 4.79 Å². The van der Waals surface area contributed by atoms with Gasteiger partial charge in [-0.1, -0.05) is 18.2 Å². The van der Waals surface area contributed by atoms with Crippen LogP contribution in [0.4, 0.5) is 0 Å². The maximum Gasteiger partial charge on any atom is 0.226 e. The molecule has 5 nitrogen and oxygen atoms in total. The number of para-hydroxylation sites is 1. The molecule has 0 spiro atoms. The highest BCUT2D eigenvalue weighted by Crippen LogP contribution is 2.17. The van der Waals surface area contributed by atoms with E-state index >= 15 is 0 Å². The highest BCUT2D eigenvalue weighted by Gasteiger charge is 2.06. The van der Waals surface area contributed by atoms with Gasteiger partial charge in [0.25, 0.3) is 0 Å². The molecule has 0 aliphatic heterocycles. The Morgan fingerprint density at radius 3 is 3.00 bits per heavy atom. The van der Waals surface area contributed by atoms with Crippen LogP contribution in [0.2, 0.25) is 0 Å². The van der Waals surface area contributed by atoms with Crippen LogP contribution >= 0.6 is 0 Å². The standard InChI is InChI=1S/C15H16N4O/c20-15(9-12-6-8-18-19-12)16-7-5-11-10-17-14-4-2-1-3-13(11)14/h1-4,6,8,10,17H,5,7,9H2,(H,16,20)(H,18,19). The van der Waals surface area contributed by atoms with Crippen molar-refractivity contribution in [3.63, 3.8) is 0 Å². The normalized spacial score (nSPS) is 10.8. The molecule has 1 amide bonds. The molecule has 5 heteroatoms. The Labute approximate surface area is 116 Å². The van der Waals surface area contributed by atoms with Gasteiger partial charge in [0.05, 0.1) is 6.42 Å². The summed E-state index contributed by atoms with van der Waals surface area (Å²) in [6.07, 6.45) is 4.81. The molecule has 0 atom stereocenters. The van der Waals surface area contributed by atoms with Crippen molar-refractivity contribution >= 4 is 16.8 Å². The Morgan fingerprint density at radius 2 is 2.15 bits per heavy atom. The van der Waals surface area contributed by atoms with Crippen molar-refractivity contribution in [2.24, 2.45) is 0 Å². The predicted octanol–water partition coefficient (Wildman–Crippen LogP) is 1.79. The van der Waals surface area contributed by atoms with E-state index in [1.807, 2.05) is 18.3 Å². The number of aromatic nitrogens is 3. The molecule has 2 heterocycles. The van der Waals surface area contributed by atoms with Crippen LogP contribution in [-0.2, 0) is 17.6 Å². The maximum absolute atomic E-state index is 11.7. The van der Waals surface area contributed by atoms with Gasteiger partial charge in [0.1, 0.15) is 0 Å². The Bertz CT molecular complexity index is 700. The Hall–Kier alpha value is -2.56. The predicted molar refractivity (Wildman–Crippen MR) is 77.3 cm³/mol. The molecule has 0 aliphatic carbocycles. The van der Waals surface area contributed by atoms with Crippen LogP contribution in [0.15, 0.2) is 42.7 Å². The van der Waals surface area contributed by atoms with E-state index in [1.165, 1.54) is 10.9 Å². The number of benzene rings is 1. The van der Waals surface area contributed by atoms with Crippen molar-refractivity contribution in [3.8, 4) is 0 Å². The van der Waals surface area contributed by atoms with Crippen LogP contribution in [0.25, 0.3) is 10.9 Å². The van der Waals surface area contributed by atoms with Crippen LogP contribution in [0, 0.1) is 0 Å². The summed E-state index contributed by atoms with van der Waals surface area (Å²) in [5.74, 6) is 0.00842. The van der Waals surface area contributed by atoms with Crippen molar-refractivity contribution in [2.45, 2.75) is 12.8 Å². The van der Waals surface area contributed by atoms with Gasteiger partial charge in [-0.3, -0.25) is 9.89 Å². The summed E-state index contributed by atoms with van der Waals surface area (Å²) in [6.45, 7) is 0.634. The summed E-state index contributed by atoms with van der Waals surface area (Å²) < 4.78 is 0. The largest absolute Gasteiger partial charge is 0.361 e. The lowest BCUT2D eigenvalue weighted by Crippen LogP contribution is -2.27. The maximum atomic E-state index is 11.7. The fraction of sp³-hybridized carbons (Fsp3) is 0.200. The molecule has 0 saturated carbocycles. The van der Waals surface area contributed by atoms with E-state index in [2.05, 4.69) is 32.6 Å². The first-order chi connectivity index (χ1) is 9.83. The molecule has 20 heavy (non-hydrogen) atoms. The number of rotatable bonds is 5. The molecule has 0 fully saturated rings. The fourth-order valence-corrected chi connectivity index (χ4v) is 2.29. The highest BCUT2D eigenvalue weighted by molar-refractivity contribution is 5.83. The van der Waals surface area contributed by atoms with E-state index in [4.69, 9.17) is 0 Å². The van der Waals surface area contributed by atoms with Gasteiger partial charge in [0, 0.05) is 35.5 Å². The second kappa shape index (κ2) is 5.61. The second-order valence-corrected chi connectivity index (χ2v) is 4.72. The molecule has 2 aromatic heterocycles. The van der Waals surface area contributed by atoms with Gasteiger partial charge in [-0.2, -0.15) is 5.10 Å². The first kappa shape index (κ1) is 12.5. The van der Waals surface area contributed by atoms with Gasteiger partial charge in [0.2, 0.25) is 5.91 Å². The molecule has 3 aromatic rings. The average Bonchev–Trinajstić information content (AvgIpc) is 3.09. The van der Waals surface area contributed by atoms with Gasteiger partial charge >= 0.3 is 0 Å². The number of nitrogens with zero attached hydrogens (tertiary/aromatic N) is 1. The van der Waals surface area contributed by atoms with Gasteiger partial charge in [0.15, 0.2) is 0 Å². The van der Waals surface area contributed by atoms with Crippen LogP contribution in [0.5, 0.6) is 0 Å². The number of aromatic amines is 2. The number of fused-ring (bicyclic) bond motifs is 1. The molecule has 3 N–H and O–H groups in total. The number of nitrogens with one attached hydrogen (secondary N) is 3. The van der Waals surface area contributed by atoms with E-state index in [0.717, 1.165) is 17.6 Å². The molecule has 0 aliphatic rings. The van der Waals surface area contributed by atoms with Gasteiger partial charge < -0.3 is 10.3 Å². The minimum absolute atomic E-state index is 0.00842. The molecule has 1 aromatic carbocycles. The first-order valence-corrected chi connectivity index (χ1v) is 6.63. The van der Waals surface area contributed by atoms with E-state index in [1.54, 1.807) is 12.3 Å². The highest BCUT2D eigenvalue weighted by atomic mass is 16.1. The zero-order valence-corrected chi connectivity index (χ0v) is 11.0. The van der Waals surface area contributed by atoms with E-state index in [0.29, 0.717) is 13.0 Å². The summed E-state index contributed by atoms with van der Waals surface area (Å²) in [7, 11) is 0. The van der Waals surface area contributed by atoms with E-state index in [-0.39, 0.29) is 5.91 Å². The third kappa shape index (κ3) is 2.71. The third-order valence-corrected chi connectivity index (χ3v) is 3.30. The van der Waals surface area contributed by atoms with Gasteiger partial charge in [-0.25, -0.2) is 0 Å². The van der Waals surface area contributed by atoms with Gasteiger partial charge in [-0.15, -0.1) is 0 Å². The number of hydrogen-bond acceptors (Lipinski definition) is 2. The summed E-state index contributed by atoms with van der Waals surface area (Å²) in [4.78, 5) is 15.0. The lowest BCUT2D eigenvalue weighted by atomic mass is 10.1. The van der Waals surface area contributed by atoms with Crippen LogP contribution in [0.1, 0.15) is 11.3 Å². The van der Waals surface area contributed by atoms with Crippen molar-refractivity contribution in [2.75, 3.05) is 6.54 Å². The zero-order chi connectivity index (χ0) is 13.8. The van der Waals surface area contributed by atoms with Crippen molar-refractivity contribution in [1.29, 1.82) is 0 Å². The molecular weight excluding hydrogens is 252 g/mol. The molecule has 0 saturated heterocycles. The number of carbonyl (C=O) groups is 1. The minimum Gasteiger partial charge on any atom is -0.361 e. The van der Waals surface area contributed by atoms with Crippen molar-refractivity contribution in [3.05, 3.63) is 54.0 Å². The monoisotopic (exact) mass is 268 g/mol. The molecular formula is C15H16N4O. The van der Waals surface area contributed by atoms with Crippen molar-refractivity contribution < 1.29 is 4.79 Å². The first-order valence-electron chi connectivity index (χ1n) is 6.63. The summed E-state index contributed by atoms with van der Waals surface area (Å²) in [6, 6.07) is 9.98. The quantitative estimate of drug-likeness (QED) is 0.660. The summed E-state index contributed by atoms with van der Waals surface area (Å²) >= 11 is 0. The van der Waals surface area contributed by atoms with Crippen molar-refractivity contribution in [1.82, 2.24) is 20.5 Å². The molecule has 0 radical (unpaired) electrons. The number of carbonyl (C=O) groups excluding carboxylic acids is 1. The lowest BCUT2D eigenvalue weighted by Gasteiger charge is -2.03. The Morgan fingerprint density at radius 1 is 1.25 bits per heavy atom. The Balaban J connectivity index is 1.53. The number of H-pyrrole nitrogens is 2. The molecule has 0 bridgehead atoms. The lowest BCUT2D eigenvalue weighted by molar-refractivity contribution is -0.120. The Kier molecular flexibility index (Phi) is 3.50. The third-order valence-electron chi connectivity index (χ3n) is 3.30. The number of amides is 1. The van der Waals surface area contributed by atoms with E-state index < -0.39 is 0 Å². The summed E-state index contributed by atoms with van der Waals surface area (Å²) in [5, 5.41) is 10.7. The zero-order valence-electron chi connectivity index (χ0n) is 11.0. The molecule has 0 unspecified atom stereocenters. The fourth-order valence-electron chi connectivity index (χ4n) is 2.29. The van der Waals surface area contributed by atoms with Gasteiger partial charge in [-0.05, 0) is 24.1 Å². The summed E-state index contributed by atoms with van der Waals surface area (Å²) in [5.41, 5.74) is 3.18. The minimum atomic E-state index is 0.00842. The van der Waals surface area contributed by atoms with Crippen LogP contribution in [-0.4, -0.2) is 27.6 Å². The smallest absolute Gasteiger partial charge is 0.226 e. The van der Waals surface area contributed by atoms with Crippen LogP contribution < -0.4 is 5.32 Å². The number of hydrogen-bond donors (Lipinski definition) is 3. The second-order valence-electron chi connectivity index (χ2n) is 4.72.